The summed E-state index contributed by atoms with van der Waals surface area (Å²) in [5.74, 6) is 0.187. The number of phenols is 1. The molecule has 58 heavy (non-hydrogen) atoms. The third-order valence-electron chi connectivity index (χ3n) is 10.7. The van der Waals surface area contributed by atoms with Crippen molar-refractivity contribution in [1.82, 2.24) is 14.5 Å². The third-order valence-corrected chi connectivity index (χ3v) is 10.7. The molecule has 10 aromatic rings. The molecule has 0 radical (unpaired) electrons. The van der Waals surface area contributed by atoms with E-state index in [0.29, 0.717) is 11.3 Å². The maximum atomic E-state index is 10.8. The minimum Gasteiger partial charge on any atom is -0.507 e. The number of fused-ring (bicyclic) bond motifs is 3. The molecule has 0 spiro atoms. The molecule has 0 aliphatic carbocycles. The molecule has 0 aliphatic rings. The number of hydrogen-bond donors (Lipinski definition) is 1. The Morgan fingerprint density at radius 2 is 1.12 bits per heavy atom. The Hall–Kier alpha value is -6.81. The number of para-hydroxylation sites is 2. The van der Waals surface area contributed by atoms with Crippen LogP contribution in [0.5, 0.6) is 5.75 Å². The van der Waals surface area contributed by atoms with Gasteiger partial charge in [-0.1, -0.05) is 120 Å². The summed E-state index contributed by atoms with van der Waals surface area (Å²) >= 11 is 0. The molecule has 0 fully saturated rings. The van der Waals surface area contributed by atoms with E-state index < -0.39 is 0 Å². The van der Waals surface area contributed by atoms with Gasteiger partial charge in [-0.15, -0.1) is 24.3 Å². The van der Waals surface area contributed by atoms with E-state index in [2.05, 4.69) is 121 Å². The first-order chi connectivity index (χ1) is 28.0. The molecule has 0 amide bonds. The average molecular weight is 930 g/mol. The van der Waals surface area contributed by atoms with Crippen LogP contribution in [0.3, 0.4) is 0 Å². The van der Waals surface area contributed by atoms with Gasteiger partial charge in [0, 0.05) is 84.0 Å². The van der Waals surface area contributed by atoms with Gasteiger partial charge in [0.25, 0.3) is 0 Å². The molecule has 4 heterocycles. The SMILES string of the molecule is Cc1cc(-c2ccc(-c3ccc4c(c3)oc3c(-c5ccccc5)cccc34)n2C)cc(-c2[c-]c(-c3cc(-c4ccccc4)cc(-c4ccccc4O)n3)ccc2)n1.[Pt]. The van der Waals surface area contributed by atoms with Gasteiger partial charge in [0.1, 0.15) is 16.9 Å². The number of benzene rings is 6. The Kier molecular flexibility index (Phi) is 9.69. The molecular weight excluding hydrogens is 894 g/mol. The normalized spacial score (nSPS) is 11.2. The molecular formula is C52H36N3O2Pt-. The molecule has 0 saturated carbocycles. The van der Waals surface area contributed by atoms with Crippen molar-refractivity contribution < 1.29 is 30.6 Å². The van der Waals surface area contributed by atoms with Gasteiger partial charge in [0.2, 0.25) is 0 Å². The minimum atomic E-state index is 0. The van der Waals surface area contributed by atoms with Gasteiger partial charge in [-0.2, -0.15) is 0 Å². The first kappa shape index (κ1) is 36.8. The van der Waals surface area contributed by atoms with Crippen LogP contribution in [-0.2, 0) is 28.1 Å². The number of furan rings is 1. The Bertz CT molecular complexity index is 3110. The minimum absolute atomic E-state index is 0. The maximum absolute atomic E-state index is 10.8. The van der Waals surface area contributed by atoms with Crippen LogP contribution < -0.4 is 0 Å². The molecule has 282 valence electrons. The number of aromatic nitrogens is 3. The van der Waals surface area contributed by atoms with Crippen molar-refractivity contribution in [3.8, 4) is 84.3 Å². The summed E-state index contributed by atoms with van der Waals surface area (Å²) in [6.07, 6.45) is 0. The summed E-state index contributed by atoms with van der Waals surface area (Å²) in [5, 5.41) is 13.0. The zero-order chi connectivity index (χ0) is 38.5. The molecule has 0 atom stereocenters. The van der Waals surface area contributed by atoms with Crippen molar-refractivity contribution in [1.29, 1.82) is 0 Å². The van der Waals surface area contributed by atoms with Gasteiger partial charge in [0.05, 0.1) is 5.69 Å². The molecule has 4 aromatic heterocycles. The summed E-state index contributed by atoms with van der Waals surface area (Å²) in [6, 6.07) is 63.2. The Labute approximate surface area is 351 Å². The summed E-state index contributed by atoms with van der Waals surface area (Å²) in [5.41, 5.74) is 15.9. The summed E-state index contributed by atoms with van der Waals surface area (Å²) in [6.45, 7) is 2.03. The van der Waals surface area contributed by atoms with Crippen LogP contribution in [0.25, 0.3) is 100 Å². The summed E-state index contributed by atoms with van der Waals surface area (Å²) in [7, 11) is 2.11. The van der Waals surface area contributed by atoms with E-state index in [-0.39, 0.29) is 26.8 Å². The quantitative estimate of drug-likeness (QED) is 0.162. The van der Waals surface area contributed by atoms with Crippen LogP contribution in [0.4, 0.5) is 0 Å². The third kappa shape index (κ3) is 6.74. The molecule has 0 saturated heterocycles. The van der Waals surface area contributed by atoms with E-state index in [9.17, 15) is 5.11 Å². The van der Waals surface area contributed by atoms with Gasteiger partial charge < -0.3 is 14.1 Å². The number of aryl methyl sites for hydroxylation is 1. The molecule has 0 unspecified atom stereocenters. The fourth-order valence-electron chi connectivity index (χ4n) is 7.91. The van der Waals surface area contributed by atoms with Crippen molar-refractivity contribution in [2.45, 2.75) is 6.92 Å². The van der Waals surface area contributed by atoms with E-state index in [1.54, 1.807) is 6.07 Å². The smallest absolute Gasteiger partial charge is 0.143 e. The van der Waals surface area contributed by atoms with Crippen LogP contribution in [0.15, 0.2) is 180 Å². The standard InChI is InChI=1S/C52H36N3O2.Pt/c1-33-27-40(49-26-25-48(55(49)2)38-23-24-42-43-21-12-20-41(35-15-7-4-8-16-35)52(43)57-51(42)32-38)31-45(53-33)36-17-11-18-37(28-36)46-29-39(34-13-5-3-6-14-34)30-47(54-46)44-19-9-10-22-50(44)56;/h3-27,29-32,56H,1-2H3;/q-1;. The Morgan fingerprint density at radius 3 is 1.88 bits per heavy atom. The number of phenolic OH excluding ortho intramolecular Hbond substituents is 1. The zero-order valence-corrected chi connectivity index (χ0v) is 34.0. The van der Waals surface area contributed by atoms with Gasteiger partial charge in [0.15, 0.2) is 0 Å². The van der Waals surface area contributed by atoms with E-state index >= 15 is 0 Å². The van der Waals surface area contributed by atoms with E-state index in [4.69, 9.17) is 14.4 Å². The molecule has 6 aromatic carbocycles. The molecule has 5 nitrogen and oxygen atoms in total. The molecule has 10 rings (SSSR count). The predicted octanol–water partition coefficient (Wildman–Crippen LogP) is 13.2. The van der Waals surface area contributed by atoms with Crippen LogP contribution in [-0.4, -0.2) is 19.6 Å². The topological polar surface area (TPSA) is 64.1 Å². The van der Waals surface area contributed by atoms with Gasteiger partial charge in [-0.25, -0.2) is 0 Å². The molecule has 0 aliphatic heterocycles. The van der Waals surface area contributed by atoms with Gasteiger partial charge in [-0.05, 0) is 77.7 Å². The second-order valence-electron chi connectivity index (χ2n) is 14.4. The number of rotatable bonds is 7. The first-order valence-corrected chi connectivity index (χ1v) is 19.0. The van der Waals surface area contributed by atoms with Crippen LogP contribution >= 0.6 is 0 Å². The Morgan fingerprint density at radius 1 is 0.500 bits per heavy atom. The summed E-state index contributed by atoms with van der Waals surface area (Å²) in [4.78, 5) is 10.0. The maximum Gasteiger partial charge on any atom is 0.143 e. The second-order valence-corrected chi connectivity index (χ2v) is 14.4. The fourth-order valence-corrected chi connectivity index (χ4v) is 7.91. The first-order valence-electron chi connectivity index (χ1n) is 19.0. The van der Waals surface area contributed by atoms with Crippen molar-refractivity contribution in [3.05, 3.63) is 188 Å². The van der Waals surface area contributed by atoms with Crippen LogP contribution in [0.2, 0.25) is 0 Å². The Balaban J connectivity index is 0.00000436. The molecule has 6 heteroatoms. The zero-order valence-electron chi connectivity index (χ0n) is 31.8. The fraction of sp³-hybridized carbons (Fsp3) is 0.0385. The average Bonchev–Trinajstić information content (AvgIpc) is 3.84. The summed E-state index contributed by atoms with van der Waals surface area (Å²) < 4.78 is 8.81. The van der Waals surface area contributed by atoms with E-state index in [0.717, 1.165) is 94.9 Å². The second kappa shape index (κ2) is 15.3. The number of aromatic hydroxyl groups is 1. The van der Waals surface area contributed by atoms with E-state index in [1.165, 1.54) is 0 Å². The van der Waals surface area contributed by atoms with Crippen LogP contribution in [0, 0.1) is 13.0 Å². The molecule has 1 N–H and O–H groups in total. The van der Waals surface area contributed by atoms with Gasteiger partial charge >= 0.3 is 0 Å². The predicted molar refractivity (Wildman–Crippen MR) is 232 cm³/mol. The van der Waals surface area contributed by atoms with Crippen molar-refractivity contribution >= 4 is 21.9 Å². The van der Waals surface area contributed by atoms with Gasteiger partial charge in [-0.3, -0.25) is 9.97 Å². The largest absolute Gasteiger partial charge is 0.507 e. The molecule has 0 bridgehead atoms. The van der Waals surface area contributed by atoms with Crippen molar-refractivity contribution in [2.75, 3.05) is 0 Å². The van der Waals surface area contributed by atoms with E-state index in [1.807, 2.05) is 73.7 Å². The monoisotopic (exact) mass is 929 g/mol. The number of nitrogens with zero attached hydrogens (tertiary/aromatic N) is 3. The number of pyridine rings is 2. The van der Waals surface area contributed by atoms with Crippen LogP contribution in [0.1, 0.15) is 5.69 Å². The van der Waals surface area contributed by atoms with Crippen molar-refractivity contribution in [3.63, 3.8) is 0 Å². The number of hydrogen-bond acceptors (Lipinski definition) is 4. The van der Waals surface area contributed by atoms with Crippen molar-refractivity contribution in [2.24, 2.45) is 7.05 Å².